The Balaban J connectivity index is 2.01. The second-order valence-corrected chi connectivity index (χ2v) is 4.62. The fourth-order valence-electron chi connectivity index (χ4n) is 2.26. The molecule has 1 nitrogen and oxygen atoms in total. The molecule has 3 rings (SSSR count). The van der Waals surface area contributed by atoms with Gasteiger partial charge in [-0.25, -0.2) is 0 Å². The molecule has 2 aromatic rings. The molecule has 1 heteroatoms. The van der Waals surface area contributed by atoms with Crippen LogP contribution in [0, 0.1) is 13.3 Å². The highest BCUT2D eigenvalue weighted by atomic mass is 14.7. The van der Waals surface area contributed by atoms with Crippen LogP contribution in [0.1, 0.15) is 29.5 Å². The van der Waals surface area contributed by atoms with Gasteiger partial charge in [0.25, 0.3) is 0 Å². The summed E-state index contributed by atoms with van der Waals surface area (Å²) in [7, 11) is 0. The third-order valence-electron chi connectivity index (χ3n) is 3.26. The van der Waals surface area contributed by atoms with Crippen LogP contribution in [-0.2, 0) is 6.42 Å². The highest BCUT2D eigenvalue weighted by Crippen LogP contribution is 2.27. The molecule has 0 aliphatic heterocycles. The standard InChI is InChI=1S/C16H15N/c1-12-6-9-16(17-11-12)15-8-7-13-4-2-3-5-14(13)10-15/h6-11H,2-4H2,1H3. The van der Waals surface area contributed by atoms with Gasteiger partial charge in [-0.05, 0) is 55.0 Å². The summed E-state index contributed by atoms with van der Waals surface area (Å²) in [6.07, 6.45) is 8.87. The Labute approximate surface area is 103 Å². The van der Waals surface area contributed by atoms with Gasteiger partial charge in [-0.3, -0.25) is 4.98 Å². The van der Waals surface area contributed by atoms with Crippen molar-refractivity contribution in [1.29, 1.82) is 0 Å². The molecule has 1 aliphatic rings. The molecule has 1 aliphatic carbocycles. The first-order chi connectivity index (χ1) is 8.33. The molecule has 1 heterocycles. The summed E-state index contributed by atoms with van der Waals surface area (Å²) in [5, 5.41) is 0. The van der Waals surface area contributed by atoms with E-state index in [0.29, 0.717) is 0 Å². The lowest BCUT2D eigenvalue weighted by molar-refractivity contribution is 0.775. The minimum absolute atomic E-state index is 1.05. The average Bonchev–Trinajstić information content (AvgIpc) is 2.39. The molecule has 1 aromatic carbocycles. The van der Waals surface area contributed by atoms with E-state index in [-0.39, 0.29) is 0 Å². The van der Waals surface area contributed by atoms with Crippen molar-refractivity contribution in [2.75, 3.05) is 0 Å². The van der Waals surface area contributed by atoms with Crippen molar-refractivity contribution in [2.45, 2.75) is 26.2 Å². The smallest absolute Gasteiger partial charge is 0.0702 e. The van der Waals surface area contributed by atoms with E-state index in [0.717, 1.165) is 12.1 Å². The first-order valence-corrected chi connectivity index (χ1v) is 6.13. The van der Waals surface area contributed by atoms with Crippen LogP contribution in [-0.4, -0.2) is 4.98 Å². The number of hydrogen-bond acceptors (Lipinski definition) is 1. The van der Waals surface area contributed by atoms with Crippen LogP contribution in [0.2, 0.25) is 0 Å². The Kier molecular flexibility index (Phi) is 2.68. The number of pyridine rings is 1. The topological polar surface area (TPSA) is 12.9 Å². The molecule has 17 heavy (non-hydrogen) atoms. The monoisotopic (exact) mass is 221 g/mol. The van der Waals surface area contributed by atoms with Gasteiger partial charge in [-0.2, -0.15) is 0 Å². The van der Waals surface area contributed by atoms with Crippen molar-refractivity contribution in [3.05, 3.63) is 59.6 Å². The zero-order chi connectivity index (χ0) is 11.7. The van der Waals surface area contributed by atoms with Crippen molar-refractivity contribution < 1.29 is 0 Å². The van der Waals surface area contributed by atoms with Crippen molar-refractivity contribution in [3.8, 4) is 11.3 Å². The zero-order valence-corrected chi connectivity index (χ0v) is 10.0. The Hall–Kier alpha value is -1.63. The Morgan fingerprint density at radius 3 is 2.94 bits per heavy atom. The van der Waals surface area contributed by atoms with E-state index in [1.807, 2.05) is 6.20 Å². The van der Waals surface area contributed by atoms with E-state index in [4.69, 9.17) is 0 Å². The fourth-order valence-corrected chi connectivity index (χ4v) is 2.26. The molecule has 84 valence electrons. The molecule has 0 atom stereocenters. The summed E-state index contributed by atoms with van der Waals surface area (Å²) in [5.41, 5.74) is 6.14. The Morgan fingerprint density at radius 2 is 2.12 bits per heavy atom. The normalized spacial score (nSPS) is 14.4. The van der Waals surface area contributed by atoms with Gasteiger partial charge in [0.15, 0.2) is 0 Å². The quantitative estimate of drug-likeness (QED) is 0.713. The van der Waals surface area contributed by atoms with Crippen LogP contribution < -0.4 is 0 Å². The Bertz CT molecular complexity index is 526. The molecule has 0 amide bonds. The number of benzene rings is 1. The van der Waals surface area contributed by atoms with Crippen molar-refractivity contribution in [2.24, 2.45) is 0 Å². The molecule has 0 spiro atoms. The molecular formula is C16H15N. The molecule has 0 bridgehead atoms. The maximum absolute atomic E-state index is 4.47. The van der Waals surface area contributed by atoms with Crippen LogP contribution >= 0.6 is 0 Å². The highest BCUT2D eigenvalue weighted by Gasteiger charge is 2.10. The van der Waals surface area contributed by atoms with Crippen LogP contribution in [0.25, 0.3) is 11.3 Å². The second kappa shape index (κ2) is 4.33. The molecule has 1 aromatic heterocycles. The number of aromatic nitrogens is 1. The molecular weight excluding hydrogens is 206 g/mol. The van der Waals surface area contributed by atoms with E-state index in [1.54, 1.807) is 0 Å². The van der Waals surface area contributed by atoms with Gasteiger partial charge in [0.2, 0.25) is 0 Å². The summed E-state index contributed by atoms with van der Waals surface area (Å²) in [6, 6.07) is 10.8. The SMILES string of the molecule is Cc1ccc(-c2ccc3c(c2)[C]CCC3)nc1. The fraction of sp³-hybridized carbons (Fsp3) is 0.250. The van der Waals surface area contributed by atoms with Crippen LogP contribution in [0.15, 0.2) is 36.5 Å². The van der Waals surface area contributed by atoms with E-state index in [9.17, 15) is 0 Å². The largest absolute Gasteiger partial charge is 0.256 e. The maximum Gasteiger partial charge on any atom is 0.0702 e. The number of hydrogen-bond donors (Lipinski definition) is 0. The van der Waals surface area contributed by atoms with Gasteiger partial charge in [0.05, 0.1) is 5.69 Å². The molecule has 0 unspecified atom stereocenters. The summed E-state index contributed by atoms with van der Waals surface area (Å²) in [6.45, 7) is 2.06. The lowest BCUT2D eigenvalue weighted by Crippen LogP contribution is -2.00. The summed E-state index contributed by atoms with van der Waals surface area (Å²) < 4.78 is 0. The summed E-state index contributed by atoms with van der Waals surface area (Å²) in [4.78, 5) is 4.47. The maximum atomic E-state index is 4.47. The molecule has 2 radical (unpaired) electrons. The second-order valence-electron chi connectivity index (χ2n) is 4.62. The number of nitrogens with zero attached hydrogens (tertiary/aromatic N) is 1. The van der Waals surface area contributed by atoms with Gasteiger partial charge < -0.3 is 0 Å². The summed E-state index contributed by atoms with van der Waals surface area (Å²) in [5.74, 6) is 0. The minimum Gasteiger partial charge on any atom is -0.256 e. The minimum atomic E-state index is 1.05. The van der Waals surface area contributed by atoms with Gasteiger partial charge in [-0.1, -0.05) is 18.2 Å². The number of fused-ring (bicyclic) bond motifs is 1. The van der Waals surface area contributed by atoms with Crippen molar-refractivity contribution in [3.63, 3.8) is 0 Å². The van der Waals surface area contributed by atoms with E-state index < -0.39 is 0 Å². The van der Waals surface area contributed by atoms with Gasteiger partial charge in [0, 0.05) is 18.2 Å². The Morgan fingerprint density at radius 1 is 1.18 bits per heavy atom. The van der Waals surface area contributed by atoms with Crippen LogP contribution in [0.4, 0.5) is 0 Å². The van der Waals surface area contributed by atoms with Gasteiger partial charge >= 0.3 is 0 Å². The first kappa shape index (κ1) is 10.5. The number of rotatable bonds is 1. The third-order valence-corrected chi connectivity index (χ3v) is 3.26. The van der Waals surface area contributed by atoms with Gasteiger partial charge in [0.1, 0.15) is 0 Å². The van der Waals surface area contributed by atoms with Crippen molar-refractivity contribution in [1.82, 2.24) is 4.98 Å². The summed E-state index contributed by atoms with van der Waals surface area (Å²) >= 11 is 0. The van der Waals surface area contributed by atoms with E-state index in [1.165, 1.54) is 35.1 Å². The highest BCUT2D eigenvalue weighted by molar-refractivity contribution is 5.62. The molecule has 0 fully saturated rings. The van der Waals surface area contributed by atoms with Crippen LogP contribution in [0.3, 0.4) is 0 Å². The lowest BCUT2D eigenvalue weighted by atomic mass is 9.90. The predicted molar refractivity (Wildman–Crippen MR) is 69.7 cm³/mol. The van der Waals surface area contributed by atoms with Crippen molar-refractivity contribution >= 4 is 0 Å². The average molecular weight is 221 g/mol. The van der Waals surface area contributed by atoms with Gasteiger partial charge in [-0.15, -0.1) is 0 Å². The number of aryl methyl sites for hydroxylation is 2. The molecule has 0 N–H and O–H groups in total. The predicted octanol–water partition coefficient (Wildman–Crippen LogP) is 3.82. The third kappa shape index (κ3) is 2.10. The van der Waals surface area contributed by atoms with E-state index in [2.05, 4.69) is 48.7 Å². The van der Waals surface area contributed by atoms with Crippen LogP contribution in [0.5, 0.6) is 0 Å². The molecule has 0 saturated heterocycles. The first-order valence-electron chi connectivity index (χ1n) is 6.13. The molecule has 0 saturated carbocycles. The van der Waals surface area contributed by atoms with E-state index >= 15 is 0 Å². The zero-order valence-electron chi connectivity index (χ0n) is 10.0. The lowest BCUT2D eigenvalue weighted by Gasteiger charge is -2.15.